The number of allylic oxidation sites excluding steroid dienone is 19. The van der Waals surface area contributed by atoms with Crippen LogP contribution in [0.3, 0.4) is 0 Å². The highest BCUT2D eigenvalue weighted by Gasteiger charge is 2.47. The van der Waals surface area contributed by atoms with Crippen molar-refractivity contribution in [2.24, 2.45) is 0 Å². The number of rotatable bonds is 53. The number of ether oxygens (including phenoxy) is 3. The Balaban J connectivity index is 2.61. The Morgan fingerprint density at radius 1 is 0.506 bits per heavy atom. The van der Waals surface area contributed by atoms with Crippen LogP contribution >= 0.6 is 0 Å². The molecule has 1 fully saturated rings. The van der Waals surface area contributed by atoms with Crippen LogP contribution in [-0.2, 0) is 23.8 Å². The minimum Gasteiger partial charge on any atom is -0.454 e. The summed E-state index contributed by atoms with van der Waals surface area (Å²) in [6.07, 6.45) is 68.1. The van der Waals surface area contributed by atoms with E-state index in [-0.39, 0.29) is 19.4 Å². The van der Waals surface area contributed by atoms with Gasteiger partial charge in [0.25, 0.3) is 0 Å². The first kappa shape index (κ1) is 75.1. The van der Waals surface area contributed by atoms with Gasteiger partial charge in [0.15, 0.2) is 12.4 Å². The van der Waals surface area contributed by atoms with E-state index in [1.165, 1.54) is 70.6 Å². The maximum Gasteiger partial charge on any atom is 0.306 e. The fourth-order valence-corrected chi connectivity index (χ4v) is 9.36. The molecule has 0 aromatic carbocycles. The molecule has 462 valence electrons. The number of hydrogen-bond acceptors (Lipinski definition) is 10. The molecule has 11 nitrogen and oxygen atoms in total. The molecule has 81 heavy (non-hydrogen) atoms. The zero-order valence-electron chi connectivity index (χ0n) is 51.1. The summed E-state index contributed by atoms with van der Waals surface area (Å²) >= 11 is 0. The molecule has 0 aliphatic carbocycles. The molecule has 11 heteroatoms. The summed E-state index contributed by atoms with van der Waals surface area (Å²) in [6.45, 7) is 5.51. The van der Waals surface area contributed by atoms with Gasteiger partial charge < -0.3 is 45.1 Å². The van der Waals surface area contributed by atoms with Gasteiger partial charge in [-0.05, 0) is 96.3 Å². The number of nitrogens with one attached hydrogen (secondary N) is 1. The van der Waals surface area contributed by atoms with E-state index in [2.05, 4.69) is 111 Å². The second-order valence-electron chi connectivity index (χ2n) is 21.8. The third-order valence-corrected chi connectivity index (χ3v) is 14.4. The van der Waals surface area contributed by atoms with E-state index in [0.29, 0.717) is 12.8 Å². The van der Waals surface area contributed by atoms with Crippen molar-refractivity contribution in [3.05, 3.63) is 122 Å². The maximum absolute atomic E-state index is 13.4. The number of aliphatic hydroxyl groups is 5. The van der Waals surface area contributed by atoms with Crippen molar-refractivity contribution in [2.75, 3.05) is 13.2 Å². The first-order valence-electron chi connectivity index (χ1n) is 32.3. The van der Waals surface area contributed by atoms with Crippen LogP contribution in [0.4, 0.5) is 0 Å². The van der Waals surface area contributed by atoms with Gasteiger partial charge in [-0.2, -0.15) is 0 Å². The predicted molar refractivity (Wildman–Crippen MR) is 338 cm³/mol. The minimum atomic E-state index is -1.63. The minimum absolute atomic E-state index is 0.104. The Bertz CT molecular complexity index is 1780. The average molecular weight is 1130 g/mol. The molecular formula is C70H117NO10. The van der Waals surface area contributed by atoms with E-state index in [0.717, 1.165) is 128 Å². The highest BCUT2D eigenvalue weighted by Crippen LogP contribution is 2.26. The fraction of sp³-hybridized carbons (Fsp3) is 0.686. The summed E-state index contributed by atoms with van der Waals surface area (Å²) in [5, 5.41) is 57.0. The molecular weight excluding hydrogens is 1010 g/mol. The Morgan fingerprint density at radius 2 is 0.951 bits per heavy atom. The van der Waals surface area contributed by atoms with Crippen molar-refractivity contribution in [3.63, 3.8) is 0 Å². The van der Waals surface area contributed by atoms with Gasteiger partial charge in [0.05, 0.1) is 25.4 Å². The van der Waals surface area contributed by atoms with Gasteiger partial charge in [-0.1, -0.05) is 264 Å². The lowest BCUT2D eigenvalue weighted by atomic mass is 9.99. The van der Waals surface area contributed by atoms with Crippen molar-refractivity contribution in [1.29, 1.82) is 0 Å². The first-order valence-corrected chi connectivity index (χ1v) is 32.3. The van der Waals surface area contributed by atoms with Crippen molar-refractivity contribution in [2.45, 2.75) is 294 Å². The second-order valence-corrected chi connectivity index (χ2v) is 21.8. The van der Waals surface area contributed by atoms with E-state index in [1.807, 2.05) is 30.4 Å². The molecule has 1 aliphatic rings. The molecule has 1 heterocycles. The summed E-state index contributed by atoms with van der Waals surface area (Å²) in [6, 6.07) is -1.04. The lowest BCUT2D eigenvalue weighted by Gasteiger charge is -2.41. The van der Waals surface area contributed by atoms with Gasteiger partial charge in [-0.15, -0.1) is 0 Å². The Kier molecular flexibility index (Phi) is 52.4. The maximum atomic E-state index is 13.4. The van der Waals surface area contributed by atoms with E-state index in [9.17, 15) is 35.1 Å². The Hall–Kier alpha value is -3.94. The number of carbonyl (C=O) groups excluding carboxylic acids is 2. The fourth-order valence-electron chi connectivity index (χ4n) is 9.36. The summed E-state index contributed by atoms with van der Waals surface area (Å²) in [5.74, 6) is -1.23. The average Bonchev–Trinajstić information content (AvgIpc) is 3.50. The van der Waals surface area contributed by atoms with E-state index >= 15 is 0 Å². The van der Waals surface area contributed by atoms with Gasteiger partial charge in [0.1, 0.15) is 24.4 Å². The molecule has 1 aliphatic heterocycles. The number of carbonyl (C=O) groups is 2. The highest BCUT2D eigenvalue weighted by atomic mass is 16.7. The van der Waals surface area contributed by atoms with Crippen LogP contribution in [-0.4, -0.2) is 99.6 Å². The van der Waals surface area contributed by atoms with Gasteiger partial charge in [0, 0.05) is 6.42 Å². The van der Waals surface area contributed by atoms with Crippen LogP contribution in [0, 0.1) is 0 Å². The van der Waals surface area contributed by atoms with E-state index in [4.69, 9.17) is 14.2 Å². The quantitative estimate of drug-likeness (QED) is 0.0149. The molecule has 8 unspecified atom stereocenters. The topological polar surface area (TPSA) is 175 Å². The molecule has 1 saturated heterocycles. The van der Waals surface area contributed by atoms with Gasteiger partial charge in [-0.3, -0.25) is 9.59 Å². The number of esters is 1. The third-order valence-electron chi connectivity index (χ3n) is 14.4. The molecule has 0 spiro atoms. The van der Waals surface area contributed by atoms with Crippen molar-refractivity contribution in [1.82, 2.24) is 5.32 Å². The third kappa shape index (κ3) is 44.3. The normalized spacial score (nSPS) is 19.5. The zero-order chi connectivity index (χ0) is 58.9. The van der Waals surface area contributed by atoms with Crippen LogP contribution in [0.15, 0.2) is 122 Å². The van der Waals surface area contributed by atoms with Crippen LogP contribution < -0.4 is 5.32 Å². The lowest BCUT2D eigenvalue weighted by Crippen LogP contribution is -2.61. The Morgan fingerprint density at radius 3 is 1.47 bits per heavy atom. The Labute approximate surface area is 493 Å². The zero-order valence-corrected chi connectivity index (χ0v) is 51.1. The van der Waals surface area contributed by atoms with E-state index in [1.54, 1.807) is 6.08 Å². The number of hydrogen-bond donors (Lipinski definition) is 6. The van der Waals surface area contributed by atoms with Crippen LogP contribution in [0.1, 0.15) is 245 Å². The first-order chi connectivity index (χ1) is 39.7. The molecule has 1 rings (SSSR count). The molecule has 0 aromatic rings. The largest absolute Gasteiger partial charge is 0.454 e. The van der Waals surface area contributed by atoms with Gasteiger partial charge in [-0.25, -0.2) is 0 Å². The van der Waals surface area contributed by atoms with Crippen molar-refractivity contribution in [3.8, 4) is 0 Å². The monoisotopic (exact) mass is 1130 g/mol. The van der Waals surface area contributed by atoms with Crippen LogP contribution in [0.5, 0.6) is 0 Å². The number of aliphatic hydroxyl groups excluding tert-OH is 5. The van der Waals surface area contributed by atoms with E-state index < -0.39 is 67.4 Å². The van der Waals surface area contributed by atoms with Crippen molar-refractivity contribution >= 4 is 11.9 Å². The number of unbranched alkanes of at least 4 members (excludes halogenated alkanes) is 23. The highest BCUT2D eigenvalue weighted by molar-refractivity contribution is 5.80. The van der Waals surface area contributed by atoms with Gasteiger partial charge in [0.2, 0.25) is 5.91 Å². The van der Waals surface area contributed by atoms with Crippen molar-refractivity contribution < 1.29 is 49.3 Å². The lowest BCUT2D eigenvalue weighted by molar-refractivity contribution is -0.305. The molecule has 0 aromatic heterocycles. The molecule has 1 amide bonds. The summed E-state index contributed by atoms with van der Waals surface area (Å²) in [7, 11) is 0. The molecule has 0 radical (unpaired) electrons. The second kappa shape index (κ2) is 56.5. The van der Waals surface area contributed by atoms with Gasteiger partial charge >= 0.3 is 5.97 Å². The van der Waals surface area contributed by atoms with Crippen LogP contribution in [0.25, 0.3) is 0 Å². The standard InChI is InChI=1S/C70H117NO10/c1-4-7-10-13-16-19-22-25-26-27-28-29-30-31-32-33-34-35-36-37-38-40-43-46-49-52-55-58-65(75)81-68-67(77)66(76)64(59-72)80-70(68)79-60-61(62(73)56-53-50-47-44-42-39-23-20-17-14-11-8-5-2)71-69(78)63(74)57-54-51-48-45-41-24-21-18-15-12-9-6-3/h7,9-10,12,15-16,18-19,21,24-26,28-29,31-32,34-35,53,56,61-64,66-68,70,72-74,76-77H,4-6,8,11,13-14,17,20,22-23,27,30,33,36-52,54-55,57-60H2,1-3H3,(H,71,78)/b10-7-,12-9+,18-15+,19-16-,24-21-,26-25-,29-28-,32-31-,35-34-,56-53+. The summed E-state index contributed by atoms with van der Waals surface area (Å²) in [4.78, 5) is 26.6. The number of amides is 1. The molecule has 8 atom stereocenters. The molecule has 6 N–H and O–H groups in total. The summed E-state index contributed by atoms with van der Waals surface area (Å²) < 4.78 is 17.6. The molecule has 0 saturated carbocycles. The predicted octanol–water partition coefficient (Wildman–Crippen LogP) is 15.8. The molecule has 0 bridgehead atoms. The summed E-state index contributed by atoms with van der Waals surface area (Å²) in [5.41, 5.74) is 0. The smallest absolute Gasteiger partial charge is 0.306 e. The SMILES string of the molecule is CC/C=C\C/C=C\C/C=C\C/C=C\C/C=C\C/C=C\CCCCCCCCCCC(=O)OC1C(OCC(NC(=O)C(O)CCCCCC\C=C/C=C/C=C/CC)C(O)/C=C/CCCCCCCCCCCCC)OC(CO)C(O)C1O. The van der Waals surface area contributed by atoms with Crippen LogP contribution in [0.2, 0.25) is 0 Å².